The van der Waals surface area contributed by atoms with Gasteiger partial charge in [0, 0.05) is 39.5 Å². The molecule has 7 aromatic carbocycles. The fourth-order valence-electron chi connectivity index (χ4n) is 9.45. The molecule has 0 saturated heterocycles. The van der Waals surface area contributed by atoms with Gasteiger partial charge in [-0.05, 0) is 130 Å². The zero-order valence-corrected chi connectivity index (χ0v) is 34.3. The van der Waals surface area contributed by atoms with Crippen LogP contribution in [-0.2, 0) is 5.41 Å². The predicted molar refractivity (Wildman–Crippen MR) is 242 cm³/mol. The summed E-state index contributed by atoms with van der Waals surface area (Å²) in [7, 11) is -1.75. The SMILES string of the molecule is CC(C)(c1ccc(N(c2ccccc2)c2ccccc2)cc1)c1ccc(N(c2ccc(C3CCCCC3)cc2)c2ccc3c(c2)-c2ccccc2[Si]3(C)C)cc1. The molecule has 0 radical (unpaired) electrons. The second-order valence-electron chi connectivity index (χ2n) is 16.9. The van der Waals surface area contributed by atoms with Gasteiger partial charge < -0.3 is 9.80 Å². The van der Waals surface area contributed by atoms with Crippen molar-refractivity contribution in [1.82, 2.24) is 0 Å². The van der Waals surface area contributed by atoms with E-state index in [-0.39, 0.29) is 5.41 Å². The normalized spacial score (nSPS) is 14.9. The van der Waals surface area contributed by atoms with E-state index in [0.29, 0.717) is 5.92 Å². The monoisotopic (exact) mass is 744 g/mol. The van der Waals surface area contributed by atoms with E-state index in [2.05, 4.69) is 213 Å². The van der Waals surface area contributed by atoms with Crippen LogP contribution in [0.4, 0.5) is 34.1 Å². The highest BCUT2D eigenvalue weighted by Crippen LogP contribution is 2.42. The molecule has 0 aromatic heterocycles. The Balaban J connectivity index is 1.06. The van der Waals surface area contributed by atoms with Crippen LogP contribution in [0.15, 0.2) is 176 Å². The van der Waals surface area contributed by atoms with Crippen molar-refractivity contribution in [2.45, 2.75) is 70.4 Å². The highest BCUT2D eigenvalue weighted by molar-refractivity contribution is 7.03. The largest absolute Gasteiger partial charge is 0.311 e. The number of rotatable bonds is 9. The topological polar surface area (TPSA) is 6.48 Å². The lowest BCUT2D eigenvalue weighted by atomic mass is 9.78. The van der Waals surface area contributed by atoms with E-state index in [0.717, 1.165) is 17.1 Å². The number of nitrogens with zero attached hydrogens (tertiary/aromatic N) is 2. The van der Waals surface area contributed by atoms with Crippen LogP contribution >= 0.6 is 0 Å². The first kappa shape index (κ1) is 36.0. The molecule has 1 heterocycles. The van der Waals surface area contributed by atoms with Gasteiger partial charge in [0.2, 0.25) is 0 Å². The van der Waals surface area contributed by atoms with Crippen molar-refractivity contribution in [2.75, 3.05) is 9.80 Å². The molecule has 7 aromatic rings. The smallest absolute Gasteiger partial charge is 0.113 e. The summed E-state index contributed by atoms with van der Waals surface area (Å²) in [6.07, 6.45) is 6.70. The molecule has 0 N–H and O–H groups in total. The maximum atomic E-state index is 2.50. The van der Waals surface area contributed by atoms with Crippen molar-refractivity contribution in [3.8, 4) is 11.1 Å². The summed E-state index contributed by atoms with van der Waals surface area (Å²) in [5, 5.41) is 3.08. The Morgan fingerprint density at radius 2 is 0.857 bits per heavy atom. The second-order valence-corrected chi connectivity index (χ2v) is 21.2. The molecule has 1 aliphatic heterocycles. The van der Waals surface area contributed by atoms with E-state index in [4.69, 9.17) is 0 Å². The van der Waals surface area contributed by atoms with Crippen LogP contribution in [-0.4, -0.2) is 8.07 Å². The van der Waals surface area contributed by atoms with E-state index < -0.39 is 8.07 Å². The van der Waals surface area contributed by atoms with Gasteiger partial charge in [-0.3, -0.25) is 0 Å². The third kappa shape index (κ3) is 6.58. The number of hydrogen-bond donors (Lipinski definition) is 0. The van der Waals surface area contributed by atoms with Crippen LogP contribution in [0.3, 0.4) is 0 Å². The number of benzene rings is 7. The quantitative estimate of drug-likeness (QED) is 0.136. The molecule has 2 aliphatic rings. The third-order valence-corrected chi connectivity index (χ3v) is 16.3. The Hall–Kier alpha value is -5.64. The second kappa shape index (κ2) is 14.8. The molecule has 0 unspecified atom stereocenters. The average molecular weight is 745 g/mol. The molecular formula is C53H52N2Si. The number of fused-ring (bicyclic) bond motifs is 3. The Morgan fingerprint density at radius 3 is 1.41 bits per heavy atom. The van der Waals surface area contributed by atoms with Gasteiger partial charge in [-0.2, -0.15) is 0 Å². The van der Waals surface area contributed by atoms with E-state index in [9.17, 15) is 0 Å². The molecule has 2 nitrogen and oxygen atoms in total. The van der Waals surface area contributed by atoms with E-state index in [1.807, 2.05) is 0 Å². The summed E-state index contributed by atoms with van der Waals surface area (Å²) in [6, 6.07) is 65.6. The van der Waals surface area contributed by atoms with E-state index in [1.54, 1.807) is 5.19 Å². The molecule has 0 atom stereocenters. The third-order valence-electron chi connectivity index (χ3n) is 12.8. The molecule has 56 heavy (non-hydrogen) atoms. The summed E-state index contributed by atoms with van der Waals surface area (Å²) in [5.41, 5.74) is 13.7. The minimum Gasteiger partial charge on any atom is -0.311 e. The van der Waals surface area contributed by atoms with Crippen molar-refractivity contribution >= 4 is 52.6 Å². The van der Waals surface area contributed by atoms with Gasteiger partial charge in [-0.15, -0.1) is 0 Å². The van der Waals surface area contributed by atoms with Crippen LogP contribution in [0.5, 0.6) is 0 Å². The molecule has 9 rings (SSSR count). The van der Waals surface area contributed by atoms with E-state index in [1.165, 1.54) is 82.2 Å². The fraction of sp³-hybridized carbons (Fsp3) is 0.208. The maximum Gasteiger partial charge on any atom is 0.113 e. The maximum absolute atomic E-state index is 2.50. The summed E-state index contributed by atoms with van der Waals surface area (Å²) >= 11 is 0. The Labute approximate surface area is 335 Å². The van der Waals surface area contributed by atoms with Gasteiger partial charge in [0.1, 0.15) is 8.07 Å². The zero-order valence-electron chi connectivity index (χ0n) is 33.3. The minimum absolute atomic E-state index is 0.193. The van der Waals surface area contributed by atoms with Crippen molar-refractivity contribution in [1.29, 1.82) is 0 Å². The fourth-order valence-corrected chi connectivity index (χ4v) is 12.5. The van der Waals surface area contributed by atoms with Gasteiger partial charge in [0.15, 0.2) is 0 Å². The Morgan fingerprint density at radius 1 is 0.429 bits per heavy atom. The molecular weight excluding hydrogens is 693 g/mol. The lowest BCUT2D eigenvalue weighted by Crippen LogP contribution is -2.49. The molecule has 1 fully saturated rings. The molecule has 3 heteroatoms. The van der Waals surface area contributed by atoms with E-state index >= 15 is 0 Å². The molecule has 0 bridgehead atoms. The highest BCUT2D eigenvalue weighted by Gasteiger charge is 2.37. The van der Waals surface area contributed by atoms with Crippen molar-refractivity contribution in [2.24, 2.45) is 0 Å². The Bertz CT molecular complexity index is 2390. The van der Waals surface area contributed by atoms with Crippen molar-refractivity contribution in [3.63, 3.8) is 0 Å². The minimum atomic E-state index is -1.75. The predicted octanol–water partition coefficient (Wildman–Crippen LogP) is 13.8. The number of para-hydroxylation sites is 2. The van der Waals surface area contributed by atoms with Gasteiger partial charge in [0.05, 0.1) is 0 Å². The summed E-state index contributed by atoms with van der Waals surface area (Å²) in [6.45, 7) is 9.68. The van der Waals surface area contributed by atoms with Gasteiger partial charge in [-0.1, -0.05) is 149 Å². The van der Waals surface area contributed by atoms with Crippen LogP contribution < -0.4 is 20.2 Å². The van der Waals surface area contributed by atoms with Gasteiger partial charge in [-0.25, -0.2) is 0 Å². The zero-order chi connectivity index (χ0) is 38.3. The average Bonchev–Trinajstić information content (AvgIpc) is 3.48. The van der Waals surface area contributed by atoms with Crippen LogP contribution in [0.25, 0.3) is 11.1 Å². The van der Waals surface area contributed by atoms with Crippen molar-refractivity contribution < 1.29 is 0 Å². The summed E-state index contributed by atoms with van der Waals surface area (Å²) in [4.78, 5) is 4.79. The first-order chi connectivity index (χ1) is 27.3. The molecule has 0 amide bonds. The molecule has 0 spiro atoms. The van der Waals surface area contributed by atoms with Crippen LogP contribution in [0, 0.1) is 0 Å². The van der Waals surface area contributed by atoms with Gasteiger partial charge in [0.25, 0.3) is 0 Å². The Kier molecular flexibility index (Phi) is 9.51. The lowest BCUT2D eigenvalue weighted by molar-refractivity contribution is 0.443. The lowest BCUT2D eigenvalue weighted by Gasteiger charge is -2.30. The first-order valence-corrected chi connectivity index (χ1v) is 23.5. The standard InChI is InChI=1S/C53H52N2Si/c1-53(2,41-26-32-46(33-27-41)54(43-18-10-6-11-19-43)44-20-12-7-13-21-44)42-28-34-47(35-29-42)55(45-30-24-40(25-31-45)39-16-8-5-9-17-39)48-36-37-52-50(38-48)49-22-14-15-23-51(49)56(52,3)4/h6-7,10-15,18-39H,5,8-9,16-17H2,1-4H3. The van der Waals surface area contributed by atoms with Crippen molar-refractivity contribution in [3.05, 3.63) is 193 Å². The molecule has 1 aliphatic carbocycles. The first-order valence-electron chi connectivity index (χ1n) is 20.5. The van der Waals surface area contributed by atoms with Crippen LogP contribution in [0.1, 0.15) is 68.6 Å². The summed E-state index contributed by atoms with van der Waals surface area (Å²) < 4.78 is 0. The highest BCUT2D eigenvalue weighted by atomic mass is 28.3. The van der Waals surface area contributed by atoms with Crippen LogP contribution in [0.2, 0.25) is 13.1 Å². The summed E-state index contributed by atoms with van der Waals surface area (Å²) in [5.74, 6) is 0.685. The molecule has 1 saturated carbocycles. The number of hydrogen-bond acceptors (Lipinski definition) is 2. The molecule has 278 valence electrons. The number of anilines is 6. The van der Waals surface area contributed by atoms with Gasteiger partial charge >= 0.3 is 0 Å².